The highest BCUT2D eigenvalue weighted by molar-refractivity contribution is 6.29. The van der Waals surface area contributed by atoms with Gasteiger partial charge in [-0.2, -0.15) is 0 Å². The molecule has 1 aliphatic carbocycles. The number of hydrogen-bond donors (Lipinski definition) is 1. The summed E-state index contributed by atoms with van der Waals surface area (Å²) in [6.07, 6.45) is 2.39. The maximum atomic E-state index is 6.07. The third kappa shape index (κ3) is 4.28. The van der Waals surface area contributed by atoms with Crippen LogP contribution < -0.4 is 5.32 Å². The van der Waals surface area contributed by atoms with Gasteiger partial charge in [-0.3, -0.25) is 4.90 Å². The first-order valence-electron chi connectivity index (χ1n) is 7.97. The molecule has 0 spiro atoms. The molecule has 0 radical (unpaired) electrons. The fourth-order valence-electron chi connectivity index (χ4n) is 2.72. The molecule has 0 atom stereocenters. The van der Waals surface area contributed by atoms with Crippen molar-refractivity contribution in [1.29, 1.82) is 0 Å². The summed E-state index contributed by atoms with van der Waals surface area (Å²) in [6.45, 7) is 10.0. The van der Waals surface area contributed by atoms with E-state index in [1.165, 1.54) is 25.9 Å². The molecule has 0 bridgehead atoms. The van der Waals surface area contributed by atoms with Gasteiger partial charge in [0.2, 0.25) is 0 Å². The Labute approximate surface area is 131 Å². The molecule has 0 amide bonds. The fraction of sp³-hybridized carbons (Fsp3) is 0.733. The molecule has 0 unspecified atom stereocenters. The van der Waals surface area contributed by atoms with Crippen LogP contribution in [0.5, 0.6) is 0 Å². The first-order chi connectivity index (χ1) is 10.2. The number of halogens is 1. The number of aromatic nitrogens is 2. The van der Waals surface area contributed by atoms with Crippen LogP contribution in [0.25, 0.3) is 0 Å². The monoisotopic (exact) mass is 309 g/mol. The molecule has 2 fully saturated rings. The summed E-state index contributed by atoms with van der Waals surface area (Å²) in [5.74, 6) is 2.30. The maximum Gasteiger partial charge on any atom is 0.135 e. The van der Waals surface area contributed by atoms with Gasteiger partial charge < -0.3 is 10.2 Å². The maximum absolute atomic E-state index is 6.07. The van der Waals surface area contributed by atoms with Crippen LogP contribution >= 0.6 is 11.6 Å². The van der Waals surface area contributed by atoms with Crippen molar-refractivity contribution in [3.8, 4) is 0 Å². The Kier molecular flexibility index (Phi) is 4.93. The van der Waals surface area contributed by atoms with Crippen LogP contribution in [-0.4, -0.2) is 65.6 Å². The number of hydrogen-bond acceptors (Lipinski definition) is 5. The van der Waals surface area contributed by atoms with Gasteiger partial charge in [0.25, 0.3) is 0 Å². The van der Waals surface area contributed by atoms with Gasteiger partial charge >= 0.3 is 0 Å². The zero-order chi connectivity index (χ0) is 14.7. The summed E-state index contributed by atoms with van der Waals surface area (Å²) in [7, 11) is 0. The molecule has 116 valence electrons. The van der Waals surface area contributed by atoms with Crippen molar-refractivity contribution in [1.82, 2.24) is 19.8 Å². The summed E-state index contributed by atoms with van der Waals surface area (Å²) in [5, 5.41) is 3.94. The Balaban J connectivity index is 1.45. The Hall–Kier alpha value is -0.910. The van der Waals surface area contributed by atoms with Crippen LogP contribution in [0.2, 0.25) is 5.15 Å². The first kappa shape index (κ1) is 15.0. The Bertz CT molecular complexity index is 469. The van der Waals surface area contributed by atoms with Crippen LogP contribution in [0.4, 0.5) is 5.82 Å². The van der Waals surface area contributed by atoms with Gasteiger partial charge in [-0.15, -0.1) is 0 Å². The van der Waals surface area contributed by atoms with Crippen molar-refractivity contribution in [3.63, 3.8) is 0 Å². The molecule has 1 aliphatic heterocycles. The van der Waals surface area contributed by atoms with Crippen molar-refractivity contribution in [2.75, 3.05) is 51.1 Å². The van der Waals surface area contributed by atoms with E-state index in [0.29, 0.717) is 11.1 Å². The molecular weight excluding hydrogens is 286 g/mol. The number of nitrogens with one attached hydrogen (secondary N) is 1. The second-order valence-corrected chi connectivity index (χ2v) is 6.30. The summed E-state index contributed by atoms with van der Waals surface area (Å²) in [6, 6.07) is 1.82. The smallest absolute Gasteiger partial charge is 0.135 e. The van der Waals surface area contributed by atoms with E-state index in [1.807, 2.05) is 6.07 Å². The molecule has 6 heteroatoms. The largest absolute Gasteiger partial charge is 0.369 e. The summed E-state index contributed by atoms with van der Waals surface area (Å²) in [4.78, 5) is 13.9. The lowest BCUT2D eigenvalue weighted by Gasteiger charge is -2.33. The third-order valence-corrected chi connectivity index (χ3v) is 4.49. The van der Waals surface area contributed by atoms with Gasteiger partial charge in [-0.25, -0.2) is 9.97 Å². The molecule has 1 aromatic rings. The zero-order valence-corrected chi connectivity index (χ0v) is 13.4. The molecule has 1 N–H and O–H groups in total. The SMILES string of the molecule is CCN1CCN(CCNc2cc(Cl)nc(C3CC3)n2)CC1. The van der Waals surface area contributed by atoms with Crippen LogP contribution in [0.3, 0.4) is 0 Å². The average molecular weight is 310 g/mol. The second kappa shape index (κ2) is 6.90. The van der Waals surface area contributed by atoms with Gasteiger partial charge in [0.15, 0.2) is 0 Å². The zero-order valence-electron chi connectivity index (χ0n) is 12.7. The van der Waals surface area contributed by atoms with Crippen molar-refractivity contribution in [2.45, 2.75) is 25.7 Å². The van der Waals surface area contributed by atoms with E-state index in [0.717, 1.165) is 44.4 Å². The Morgan fingerprint density at radius 2 is 1.90 bits per heavy atom. The van der Waals surface area contributed by atoms with Crippen LogP contribution in [0.15, 0.2) is 6.07 Å². The van der Waals surface area contributed by atoms with Crippen molar-refractivity contribution in [3.05, 3.63) is 17.0 Å². The van der Waals surface area contributed by atoms with Crippen molar-refractivity contribution < 1.29 is 0 Å². The van der Waals surface area contributed by atoms with Gasteiger partial charge in [-0.05, 0) is 19.4 Å². The molecular formula is C15H24ClN5. The van der Waals surface area contributed by atoms with Gasteiger partial charge in [0.1, 0.15) is 16.8 Å². The summed E-state index contributed by atoms with van der Waals surface area (Å²) >= 11 is 6.07. The molecule has 1 saturated heterocycles. The van der Waals surface area contributed by atoms with Crippen molar-refractivity contribution >= 4 is 17.4 Å². The minimum absolute atomic E-state index is 0.534. The van der Waals surface area contributed by atoms with E-state index in [4.69, 9.17) is 11.6 Å². The van der Waals surface area contributed by atoms with E-state index < -0.39 is 0 Å². The molecule has 2 heterocycles. The molecule has 21 heavy (non-hydrogen) atoms. The highest BCUT2D eigenvalue weighted by atomic mass is 35.5. The number of rotatable bonds is 6. The van der Waals surface area contributed by atoms with E-state index >= 15 is 0 Å². The van der Waals surface area contributed by atoms with Crippen LogP contribution in [0, 0.1) is 0 Å². The predicted octanol–water partition coefficient (Wildman–Crippen LogP) is 2.06. The Morgan fingerprint density at radius 1 is 1.19 bits per heavy atom. The van der Waals surface area contributed by atoms with Gasteiger partial charge in [-0.1, -0.05) is 18.5 Å². The van der Waals surface area contributed by atoms with Crippen molar-refractivity contribution in [2.24, 2.45) is 0 Å². The van der Waals surface area contributed by atoms with E-state index in [-0.39, 0.29) is 0 Å². The highest BCUT2D eigenvalue weighted by Gasteiger charge is 2.27. The number of nitrogens with zero attached hydrogens (tertiary/aromatic N) is 4. The summed E-state index contributed by atoms with van der Waals surface area (Å²) in [5.41, 5.74) is 0. The molecule has 1 aromatic heterocycles. The lowest BCUT2D eigenvalue weighted by atomic mass is 10.3. The minimum atomic E-state index is 0.534. The molecule has 5 nitrogen and oxygen atoms in total. The average Bonchev–Trinajstić information content (AvgIpc) is 3.32. The number of anilines is 1. The first-order valence-corrected chi connectivity index (χ1v) is 8.35. The lowest BCUT2D eigenvalue weighted by Crippen LogP contribution is -2.47. The van der Waals surface area contributed by atoms with Crippen LogP contribution in [0.1, 0.15) is 31.5 Å². The standard InChI is InChI=1S/C15H24ClN5/c1-2-20-7-9-21(10-8-20)6-5-17-14-11-13(16)18-15(19-14)12-3-4-12/h11-12H,2-10H2,1H3,(H,17,18,19). The molecule has 2 aliphatic rings. The third-order valence-electron chi connectivity index (χ3n) is 4.30. The second-order valence-electron chi connectivity index (χ2n) is 5.91. The normalized spacial score (nSPS) is 20.7. The van der Waals surface area contributed by atoms with E-state index in [9.17, 15) is 0 Å². The molecule has 3 rings (SSSR count). The van der Waals surface area contributed by atoms with Gasteiger partial charge in [0.05, 0.1) is 0 Å². The van der Waals surface area contributed by atoms with Crippen LogP contribution in [-0.2, 0) is 0 Å². The van der Waals surface area contributed by atoms with E-state index in [2.05, 4.69) is 32.0 Å². The fourth-order valence-corrected chi connectivity index (χ4v) is 2.91. The highest BCUT2D eigenvalue weighted by Crippen LogP contribution is 2.38. The lowest BCUT2D eigenvalue weighted by molar-refractivity contribution is 0.141. The van der Waals surface area contributed by atoms with Gasteiger partial charge in [0, 0.05) is 51.3 Å². The molecule has 0 aromatic carbocycles. The Morgan fingerprint density at radius 3 is 2.57 bits per heavy atom. The number of piperazine rings is 1. The quantitative estimate of drug-likeness (QED) is 0.815. The topological polar surface area (TPSA) is 44.3 Å². The molecule has 1 saturated carbocycles. The minimum Gasteiger partial charge on any atom is -0.369 e. The predicted molar refractivity (Wildman–Crippen MR) is 86.1 cm³/mol. The number of likely N-dealkylation sites (N-methyl/N-ethyl adjacent to an activating group) is 1. The summed E-state index contributed by atoms with van der Waals surface area (Å²) < 4.78 is 0. The van der Waals surface area contributed by atoms with E-state index in [1.54, 1.807) is 0 Å².